The summed E-state index contributed by atoms with van der Waals surface area (Å²) in [6.45, 7) is -0.220. The number of nitro benzene ring substituents is 1. The highest BCUT2D eigenvalue weighted by Gasteiger charge is 2.23. The summed E-state index contributed by atoms with van der Waals surface area (Å²) in [5.74, 6) is -0.330. The van der Waals surface area contributed by atoms with Crippen molar-refractivity contribution in [3.05, 3.63) is 28.3 Å². The lowest BCUT2D eigenvalue weighted by molar-refractivity contribution is -0.384. The number of esters is 1. The molecule has 2 rings (SSSR count). The fourth-order valence-corrected chi connectivity index (χ4v) is 4.04. The number of nitro groups is 1. The number of anilines is 1. The Hall–Kier alpha value is -2.20. The molecular formula is C17H25N3O6S. The largest absolute Gasteiger partial charge is 0.464 e. The molecule has 0 spiro atoms. The van der Waals surface area contributed by atoms with E-state index >= 15 is 0 Å². The summed E-state index contributed by atoms with van der Waals surface area (Å²) in [4.78, 5) is 23.6. The lowest BCUT2D eigenvalue weighted by Crippen LogP contribution is -2.31. The number of nitrogens with zero attached hydrogens (tertiary/aromatic N) is 2. The fourth-order valence-electron chi connectivity index (χ4n) is 3.05. The molecular weight excluding hydrogens is 374 g/mol. The van der Waals surface area contributed by atoms with Crippen molar-refractivity contribution in [2.24, 2.45) is 5.92 Å². The standard InChI is InChI=1S/C17H25N3O6S/c1-19(2)15-9-8-14(10-16(15)20(22)23)27(24,25)18-11-17(21)26-12-13-6-4-3-5-7-13/h8-10,13,18H,3-7,11-12H2,1-2H3. The van der Waals surface area contributed by atoms with Crippen LogP contribution in [0.4, 0.5) is 11.4 Å². The van der Waals surface area contributed by atoms with E-state index < -0.39 is 27.5 Å². The molecule has 0 heterocycles. The topological polar surface area (TPSA) is 119 Å². The van der Waals surface area contributed by atoms with Crippen LogP contribution in [0.1, 0.15) is 32.1 Å². The maximum absolute atomic E-state index is 12.3. The average molecular weight is 399 g/mol. The van der Waals surface area contributed by atoms with Gasteiger partial charge in [-0.25, -0.2) is 8.42 Å². The Kier molecular flexibility index (Phi) is 7.14. The van der Waals surface area contributed by atoms with Crippen LogP contribution < -0.4 is 9.62 Å². The first-order valence-electron chi connectivity index (χ1n) is 8.82. The van der Waals surface area contributed by atoms with Gasteiger partial charge in [-0.15, -0.1) is 0 Å². The number of hydrogen-bond acceptors (Lipinski definition) is 7. The van der Waals surface area contributed by atoms with Crippen molar-refractivity contribution < 1.29 is 22.9 Å². The molecule has 1 fully saturated rings. The van der Waals surface area contributed by atoms with Crippen molar-refractivity contribution in [3.8, 4) is 0 Å². The van der Waals surface area contributed by atoms with Gasteiger partial charge in [-0.1, -0.05) is 19.3 Å². The Morgan fingerprint density at radius 1 is 1.30 bits per heavy atom. The molecule has 9 nitrogen and oxygen atoms in total. The molecule has 0 amide bonds. The number of hydrogen-bond donors (Lipinski definition) is 1. The Morgan fingerprint density at radius 3 is 2.56 bits per heavy atom. The zero-order chi connectivity index (χ0) is 20.0. The molecule has 1 aromatic rings. The van der Waals surface area contributed by atoms with E-state index in [1.54, 1.807) is 14.1 Å². The van der Waals surface area contributed by atoms with Crippen LogP contribution in [0.3, 0.4) is 0 Å². The summed E-state index contributed by atoms with van der Waals surface area (Å²) in [6.07, 6.45) is 5.47. The number of rotatable bonds is 8. The summed E-state index contributed by atoms with van der Waals surface area (Å²) >= 11 is 0. The van der Waals surface area contributed by atoms with Gasteiger partial charge in [-0.2, -0.15) is 4.72 Å². The van der Waals surface area contributed by atoms with Gasteiger partial charge in [0, 0.05) is 20.2 Å². The minimum atomic E-state index is -4.07. The molecule has 1 aliphatic carbocycles. The third kappa shape index (κ3) is 5.90. The zero-order valence-electron chi connectivity index (χ0n) is 15.5. The predicted molar refractivity (Wildman–Crippen MR) is 100 cm³/mol. The molecule has 0 aliphatic heterocycles. The molecule has 0 saturated heterocycles. The van der Waals surface area contributed by atoms with E-state index in [9.17, 15) is 23.3 Å². The lowest BCUT2D eigenvalue weighted by atomic mass is 9.90. The maximum atomic E-state index is 12.3. The highest BCUT2D eigenvalue weighted by molar-refractivity contribution is 7.89. The third-order valence-electron chi connectivity index (χ3n) is 4.55. The molecule has 1 N–H and O–H groups in total. The van der Waals surface area contributed by atoms with E-state index in [4.69, 9.17) is 4.74 Å². The van der Waals surface area contributed by atoms with E-state index in [0.717, 1.165) is 31.7 Å². The number of carbonyl (C=O) groups excluding carboxylic acids is 1. The van der Waals surface area contributed by atoms with Crippen LogP contribution in [-0.4, -0.2) is 46.6 Å². The summed E-state index contributed by atoms with van der Waals surface area (Å²) < 4.78 is 32.0. The SMILES string of the molecule is CN(C)c1ccc(S(=O)(=O)NCC(=O)OCC2CCCCC2)cc1[N+](=O)[O-]. The molecule has 10 heteroatoms. The second kappa shape index (κ2) is 9.14. The van der Waals surface area contributed by atoms with Crippen LogP contribution in [0, 0.1) is 16.0 Å². The van der Waals surface area contributed by atoms with Gasteiger partial charge in [-0.05, 0) is 30.9 Å². The Balaban J connectivity index is 1.98. The minimum Gasteiger partial charge on any atom is -0.464 e. The first kappa shape index (κ1) is 21.1. The van der Waals surface area contributed by atoms with Crippen LogP contribution in [0.25, 0.3) is 0 Å². The molecule has 0 unspecified atom stereocenters. The monoisotopic (exact) mass is 399 g/mol. The van der Waals surface area contributed by atoms with Crippen molar-refractivity contribution in [3.63, 3.8) is 0 Å². The molecule has 150 valence electrons. The summed E-state index contributed by atoms with van der Waals surface area (Å²) in [6, 6.07) is 3.59. The number of sulfonamides is 1. The minimum absolute atomic E-state index is 0.278. The molecule has 0 atom stereocenters. The van der Waals surface area contributed by atoms with E-state index in [1.165, 1.54) is 23.5 Å². The van der Waals surface area contributed by atoms with E-state index in [1.807, 2.05) is 0 Å². The zero-order valence-corrected chi connectivity index (χ0v) is 16.3. The quantitative estimate of drug-likeness (QED) is 0.404. The van der Waals surface area contributed by atoms with E-state index in [-0.39, 0.29) is 16.3 Å². The average Bonchev–Trinajstić information content (AvgIpc) is 2.65. The first-order valence-corrected chi connectivity index (χ1v) is 10.3. The van der Waals surface area contributed by atoms with Crippen LogP contribution in [-0.2, 0) is 19.6 Å². The number of nitrogens with one attached hydrogen (secondary N) is 1. The van der Waals surface area contributed by atoms with Crippen molar-refractivity contribution in [2.45, 2.75) is 37.0 Å². The number of ether oxygens (including phenoxy) is 1. The Labute approximate surface area is 158 Å². The highest BCUT2D eigenvalue weighted by atomic mass is 32.2. The van der Waals surface area contributed by atoms with Crippen LogP contribution >= 0.6 is 0 Å². The Bertz CT molecular complexity index is 788. The summed E-state index contributed by atoms with van der Waals surface area (Å²) in [5.41, 5.74) is -0.0476. The first-order chi connectivity index (χ1) is 12.7. The molecule has 1 aliphatic rings. The number of benzene rings is 1. The van der Waals surface area contributed by atoms with Crippen molar-refractivity contribution in [2.75, 3.05) is 32.1 Å². The molecule has 1 aromatic carbocycles. The van der Waals surface area contributed by atoms with Crippen LogP contribution in [0.2, 0.25) is 0 Å². The van der Waals surface area contributed by atoms with Crippen LogP contribution in [0.15, 0.2) is 23.1 Å². The van der Waals surface area contributed by atoms with Gasteiger partial charge < -0.3 is 9.64 Å². The third-order valence-corrected chi connectivity index (χ3v) is 5.95. The van der Waals surface area contributed by atoms with Gasteiger partial charge in [0.05, 0.1) is 16.4 Å². The Morgan fingerprint density at radius 2 is 1.96 bits per heavy atom. The van der Waals surface area contributed by atoms with E-state index in [0.29, 0.717) is 12.5 Å². The van der Waals surface area contributed by atoms with Gasteiger partial charge in [-0.3, -0.25) is 14.9 Å². The summed E-state index contributed by atoms with van der Waals surface area (Å²) in [5, 5.41) is 11.2. The maximum Gasteiger partial charge on any atom is 0.321 e. The van der Waals surface area contributed by atoms with Crippen LogP contribution in [0.5, 0.6) is 0 Å². The molecule has 1 saturated carbocycles. The van der Waals surface area contributed by atoms with Gasteiger partial charge in [0.15, 0.2) is 0 Å². The van der Waals surface area contributed by atoms with Gasteiger partial charge in [0.25, 0.3) is 5.69 Å². The van der Waals surface area contributed by atoms with Crippen molar-refractivity contribution in [1.82, 2.24) is 4.72 Å². The second-order valence-electron chi connectivity index (χ2n) is 6.81. The van der Waals surface area contributed by atoms with E-state index in [2.05, 4.69) is 4.72 Å². The van der Waals surface area contributed by atoms with Crippen molar-refractivity contribution in [1.29, 1.82) is 0 Å². The molecule has 0 radical (unpaired) electrons. The van der Waals surface area contributed by atoms with Crippen molar-refractivity contribution >= 4 is 27.4 Å². The molecule has 0 bridgehead atoms. The molecule has 27 heavy (non-hydrogen) atoms. The lowest BCUT2D eigenvalue weighted by Gasteiger charge is -2.21. The van der Waals surface area contributed by atoms with Gasteiger partial charge in [0.1, 0.15) is 12.2 Å². The normalized spacial score (nSPS) is 15.3. The van der Waals surface area contributed by atoms with Gasteiger partial charge in [0.2, 0.25) is 10.0 Å². The molecule has 0 aromatic heterocycles. The highest BCUT2D eigenvalue weighted by Crippen LogP contribution is 2.29. The number of carbonyl (C=O) groups is 1. The van der Waals surface area contributed by atoms with Gasteiger partial charge >= 0.3 is 5.97 Å². The predicted octanol–water partition coefficient (Wildman–Crippen LogP) is 2.06. The fraction of sp³-hybridized carbons (Fsp3) is 0.588. The second-order valence-corrected chi connectivity index (χ2v) is 8.58. The smallest absolute Gasteiger partial charge is 0.321 e. The summed E-state index contributed by atoms with van der Waals surface area (Å²) in [7, 11) is -0.827.